The molecule has 1 heterocycles. The molecule has 27 heavy (non-hydrogen) atoms. The zero-order valence-corrected chi connectivity index (χ0v) is 16.8. The molecule has 0 aromatic heterocycles. The number of hydrogen-bond acceptors (Lipinski definition) is 4. The number of nitrogens with zero attached hydrogens (tertiary/aromatic N) is 1. The first-order valence-electron chi connectivity index (χ1n) is 10.5. The molecule has 1 aliphatic carbocycles. The minimum absolute atomic E-state index is 0.191. The van der Waals surface area contributed by atoms with Gasteiger partial charge in [0.05, 0.1) is 6.54 Å². The number of para-hydroxylation sites is 1. The van der Waals surface area contributed by atoms with Crippen LogP contribution in [0.2, 0.25) is 0 Å². The van der Waals surface area contributed by atoms with Crippen LogP contribution in [0, 0.1) is 5.92 Å². The van der Waals surface area contributed by atoms with Crippen molar-refractivity contribution in [1.82, 2.24) is 10.2 Å². The van der Waals surface area contributed by atoms with Crippen LogP contribution in [0.3, 0.4) is 0 Å². The van der Waals surface area contributed by atoms with Gasteiger partial charge < -0.3 is 19.7 Å². The standard InChI is InChI=1S/C22H34N2O3/c1-3-24-15-20(27-22(24)25)16-26-21-12-8-7-11-19(21)14-23-17(2)13-18-9-5-4-6-10-18/h7-8,11-12,17-18,20,23H,3-6,9-10,13-16H2,1-2H3. The maximum absolute atomic E-state index is 11.7. The van der Waals surface area contributed by atoms with Crippen molar-refractivity contribution in [3.63, 3.8) is 0 Å². The van der Waals surface area contributed by atoms with Crippen molar-refractivity contribution in [3.8, 4) is 5.75 Å². The highest BCUT2D eigenvalue weighted by Gasteiger charge is 2.30. The summed E-state index contributed by atoms with van der Waals surface area (Å²) in [4.78, 5) is 13.4. The third-order valence-corrected chi connectivity index (χ3v) is 5.78. The van der Waals surface area contributed by atoms with Gasteiger partial charge in [-0.3, -0.25) is 0 Å². The molecule has 5 heteroatoms. The molecule has 1 aliphatic heterocycles. The topological polar surface area (TPSA) is 50.8 Å². The van der Waals surface area contributed by atoms with Crippen molar-refractivity contribution >= 4 is 6.09 Å². The molecule has 2 unspecified atom stereocenters. The van der Waals surface area contributed by atoms with Gasteiger partial charge in [-0.2, -0.15) is 0 Å². The Morgan fingerprint density at radius 1 is 1.26 bits per heavy atom. The fourth-order valence-corrected chi connectivity index (χ4v) is 4.18. The largest absolute Gasteiger partial charge is 0.489 e. The van der Waals surface area contributed by atoms with E-state index in [0.29, 0.717) is 25.7 Å². The van der Waals surface area contributed by atoms with Gasteiger partial charge in [0.25, 0.3) is 0 Å². The minimum Gasteiger partial charge on any atom is -0.489 e. The normalized spacial score (nSPS) is 21.9. The molecule has 0 spiro atoms. The Labute approximate surface area is 163 Å². The van der Waals surface area contributed by atoms with Gasteiger partial charge in [0.15, 0.2) is 6.10 Å². The van der Waals surface area contributed by atoms with E-state index in [-0.39, 0.29) is 12.2 Å². The van der Waals surface area contributed by atoms with E-state index in [4.69, 9.17) is 9.47 Å². The fraction of sp³-hybridized carbons (Fsp3) is 0.682. The summed E-state index contributed by atoms with van der Waals surface area (Å²) in [6, 6.07) is 8.65. The second-order valence-electron chi connectivity index (χ2n) is 7.98. The van der Waals surface area contributed by atoms with Crippen molar-refractivity contribution in [3.05, 3.63) is 29.8 Å². The summed E-state index contributed by atoms with van der Waals surface area (Å²) in [7, 11) is 0. The highest BCUT2D eigenvalue weighted by Crippen LogP contribution is 2.27. The van der Waals surface area contributed by atoms with Crippen molar-refractivity contribution in [2.24, 2.45) is 5.92 Å². The van der Waals surface area contributed by atoms with Crippen molar-refractivity contribution in [2.45, 2.75) is 71.1 Å². The maximum atomic E-state index is 11.7. The summed E-state index contributed by atoms with van der Waals surface area (Å²) in [5.74, 6) is 1.76. The van der Waals surface area contributed by atoms with Gasteiger partial charge in [-0.1, -0.05) is 50.3 Å². The molecule has 1 saturated heterocycles. The maximum Gasteiger partial charge on any atom is 0.410 e. The van der Waals surface area contributed by atoms with Gasteiger partial charge in [-0.15, -0.1) is 0 Å². The molecule has 1 aromatic carbocycles. The molecule has 2 fully saturated rings. The first-order valence-corrected chi connectivity index (χ1v) is 10.5. The molecule has 1 amide bonds. The average Bonchev–Trinajstić information content (AvgIpc) is 3.06. The first kappa shape index (κ1) is 20.0. The summed E-state index contributed by atoms with van der Waals surface area (Å²) < 4.78 is 11.4. The Kier molecular flexibility index (Phi) is 7.39. The quantitative estimate of drug-likeness (QED) is 0.698. The number of hydrogen-bond donors (Lipinski definition) is 1. The van der Waals surface area contributed by atoms with E-state index >= 15 is 0 Å². The highest BCUT2D eigenvalue weighted by molar-refractivity contribution is 5.69. The molecular formula is C22H34N2O3. The molecule has 0 radical (unpaired) electrons. The third-order valence-electron chi connectivity index (χ3n) is 5.78. The molecule has 2 aliphatic rings. The molecule has 150 valence electrons. The van der Waals surface area contributed by atoms with Gasteiger partial charge >= 0.3 is 6.09 Å². The number of amides is 1. The lowest BCUT2D eigenvalue weighted by molar-refractivity contribution is 0.102. The molecule has 2 atom stereocenters. The monoisotopic (exact) mass is 374 g/mol. The van der Waals surface area contributed by atoms with Crippen LogP contribution in [-0.2, 0) is 11.3 Å². The van der Waals surface area contributed by atoms with E-state index in [0.717, 1.165) is 23.8 Å². The van der Waals surface area contributed by atoms with Crippen molar-refractivity contribution in [1.29, 1.82) is 0 Å². The second kappa shape index (κ2) is 9.98. The summed E-state index contributed by atoms with van der Waals surface area (Å²) in [6.45, 7) is 6.73. The highest BCUT2D eigenvalue weighted by atomic mass is 16.6. The van der Waals surface area contributed by atoms with Gasteiger partial charge in [0.1, 0.15) is 12.4 Å². The zero-order chi connectivity index (χ0) is 19.1. The Morgan fingerprint density at radius 2 is 2.04 bits per heavy atom. The molecule has 1 N–H and O–H groups in total. The number of likely N-dealkylation sites (N-methyl/N-ethyl adjacent to an activating group) is 1. The van der Waals surface area contributed by atoms with E-state index in [1.165, 1.54) is 38.5 Å². The number of benzene rings is 1. The van der Waals surface area contributed by atoms with Crippen LogP contribution in [0.4, 0.5) is 4.79 Å². The van der Waals surface area contributed by atoms with E-state index in [9.17, 15) is 4.79 Å². The number of nitrogens with one attached hydrogen (secondary N) is 1. The minimum atomic E-state index is -0.238. The smallest absolute Gasteiger partial charge is 0.410 e. The Morgan fingerprint density at radius 3 is 2.78 bits per heavy atom. The van der Waals surface area contributed by atoms with Crippen molar-refractivity contribution < 1.29 is 14.3 Å². The van der Waals surface area contributed by atoms with E-state index in [1.54, 1.807) is 4.90 Å². The van der Waals surface area contributed by atoms with Gasteiger partial charge in [-0.25, -0.2) is 4.79 Å². The molecule has 0 bridgehead atoms. The molecular weight excluding hydrogens is 340 g/mol. The molecule has 5 nitrogen and oxygen atoms in total. The Bertz CT molecular complexity index is 601. The van der Waals surface area contributed by atoms with Gasteiger partial charge in [0.2, 0.25) is 0 Å². The predicted molar refractivity (Wildman–Crippen MR) is 107 cm³/mol. The Hall–Kier alpha value is -1.75. The SMILES string of the molecule is CCN1CC(COc2ccccc2CNC(C)CC2CCCCC2)OC1=O. The summed E-state index contributed by atoms with van der Waals surface area (Å²) >= 11 is 0. The zero-order valence-electron chi connectivity index (χ0n) is 16.8. The lowest BCUT2D eigenvalue weighted by Gasteiger charge is -2.25. The van der Waals surface area contributed by atoms with E-state index < -0.39 is 0 Å². The summed E-state index contributed by atoms with van der Waals surface area (Å²) in [5, 5.41) is 3.66. The number of ether oxygens (including phenoxy) is 2. The lowest BCUT2D eigenvalue weighted by Crippen LogP contribution is -2.29. The number of carbonyl (C=O) groups excluding carboxylic acids is 1. The van der Waals surface area contributed by atoms with Crippen molar-refractivity contribution in [2.75, 3.05) is 19.7 Å². The molecule has 3 rings (SSSR count). The van der Waals surface area contributed by atoms with E-state index in [1.807, 2.05) is 25.1 Å². The van der Waals surface area contributed by atoms with Gasteiger partial charge in [0, 0.05) is 24.7 Å². The summed E-state index contributed by atoms with van der Waals surface area (Å²) in [6.07, 6.45) is 7.82. The predicted octanol–water partition coefficient (Wildman–Crippen LogP) is 4.35. The van der Waals surface area contributed by atoms with Gasteiger partial charge in [-0.05, 0) is 32.3 Å². The average molecular weight is 375 g/mol. The van der Waals surface area contributed by atoms with Crippen LogP contribution in [-0.4, -0.2) is 42.8 Å². The fourth-order valence-electron chi connectivity index (χ4n) is 4.18. The summed E-state index contributed by atoms with van der Waals surface area (Å²) in [5.41, 5.74) is 1.16. The Balaban J connectivity index is 1.46. The van der Waals surface area contributed by atoms with Crippen LogP contribution >= 0.6 is 0 Å². The number of carbonyl (C=O) groups is 1. The first-order chi connectivity index (χ1) is 13.2. The lowest BCUT2D eigenvalue weighted by atomic mass is 9.85. The molecule has 1 aromatic rings. The van der Waals surface area contributed by atoms with Crippen LogP contribution in [0.5, 0.6) is 5.75 Å². The van der Waals surface area contributed by atoms with Crippen LogP contribution in [0.1, 0.15) is 57.9 Å². The number of rotatable bonds is 9. The van der Waals surface area contributed by atoms with E-state index in [2.05, 4.69) is 18.3 Å². The van der Waals surface area contributed by atoms with Crippen LogP contribution in [0.15, 0.2) is 24.3 Å². The van der Waals surface area contributed by atoms with Crippen LogP contribution in [0.25, 0.3) is 0 Å². The van der Waals surface area contributed by atoms with Crippen LogP contribution < -0.4 is 10.1 Å². The number of cyclic esters (lactones) is 1. The second-order valence-corrected chi connectivity index (χ2v) is 7.98. The third kappa shape index (κ3) is 5.86. The molecule has 1 saturated carbocycles.